The molecule has 0 spiro atoms. The lowest BCUT2D eigenvalue weighted by molar-refractivity contribution is 0.222. The van der Waals surface area contributed by atoms with Gasteiger partial charge in [-0.05, 0) is 13.8 Å². The molecule has 19 heavy (non-hydrogen) atoms. The van der Waals surface area contributed by atoms with Crippen LogP contribution in [-0.2, 0) is 6.54 Å². The number of nitrogens with two attached hydrogens (primary N) is 1. The van der Waals surface area contributed by atoms with Gasteiger partial charge in [0.15, 0.2) is 5.82 Å². The predicted octanol–water partition coefficient (Wildman–Crippen LogP) is -0.0605. The van der Waals surface area contributed by atoms with Crippen LogP contribution in [0, 0.1) is 0 Å². The fourth-order valence-corrected chi connectivity index (χ4v) is 1.19. The Balaban J connectivity index is 2.09. The van der Waals surface area contributed by atoms with E-state index in [9.17, 15) is 0 Å². The Morgan fingerprint density at radius 2 is 2.11 bits per heavy atom. The van der Waals surface area contributed by atoms with Crippen molar-refractivity contribution in [2.75, 3.05) is 10.7 Å². The molecule has 0 radical (unpaired) electrons. The van der Waals surface area contributed by atoms with Crippen molar-refractivity contribution in [2.24, 2.45) is 5.84 Å². The number of nitrogens with one attached hydrogen (secondary N) is 2. The lowest BCUT2D eigenvalue weighted by atomic mass is 10.5. The number of hydrogen-bond donors (Lipinski definition) is 3. The van der Waals surface area contributed by atoms with Crippen LogP contribution in [-0.4, -0.2) is 31.2 Å². The lowest BCUT2D eigenvalue weighted by Gasteiger charge is -2.10. The van der Waals surface area contributed by atoms with Crippen molar-refractivity contribution in [1.29, 1.82) is 0 Å². The molecule has 2 heterocycles. The zero-order valence-electron chi connectivity index (χ0n) is 10.5. The minimum Gasteiger partial charge on any atom is -0.461 e. The standard InChI is InChI=1S/C9H14N8O2/c1-5(2)19-9-14-7(13-8(15-9)16-10)11-3-6-12-4-18-17-6/h4-5H,3,10H2,1-2H3,(H2,11,13,14,15,16). The molecule has 4 N–H and O–H groups in total. The summed E-state index contributed by atoms with van der Waals surface area (Å²) in [4.78, 5) is 15.9. The van der Waals surface area contributed by atoms with Crippen LogP contribution in [0.3, 0.4) is 0 Å². The van der Waals surface area contributed by atoms with Gasteiger partial charge >= 0.3 is 6.01 Å². The smallest absolute Gasteiger partial charge is 0.323 e. The van der Waals surface area contributed by atoms with Crippen LogP contribution in [0.2, 0.25) is 0 Å². The van der Waals surface area contributed by atoms with Crippen molar-refractivity contribution >= 4 is 11.9 Å². The second-order valence-corrected chi connectivity index (χ2v) is 3.78. The van der Waals surface area contributed by atoms with E-state index in [4.69, 9.17) is 10.6 Å². The van der Waals surface area contributed by atoms with Gasteiger partial charge in [0.2, 0.25) is 18.3 Å². The number of nitrogens with zero attached hydrogens (tertiary/aromatic N) is 5. The number of aromatic nitrogens is 5. The van der Waals surface area contributed by atoms with Crippen LogP contribution in [0.15, 0.2) is 10.9 Å². The highest BCUT2D eigenvalue weighted by Gasteiger charge is 2.09. The fourth-order valence-electron chi connectivity index (χ4n) is 1.19. The molecule has 0 fully saturated rings. The van der Waals surface area contributed by atoms with E-state index in [0.717, 1.165) is 0 Å². The number of anilines is 2. The van der Waals surface area contributed by atoms with Crippen molar-refractivity contribution in [3.8, 4) is 6.01 Å². The quantitative estimate of drug-likeness (QED) is 0.481. The molecule has 10 heteroatoms. The second kappa shape index (κ2) is 5.91. The topological polar surface area (TPSA) is 137 Å². The van der Waals surface area contributed by atoms with Gasteiger partial charge in [-0.2, -0.15) is 19.9 Å². The third-order valence-corrected chi connectivity index (χ3v) is 1.90. The van der Waals surface area contributed by atoms with Crippen molar-refractivity contribution in [1.82, 2.24) is 25.1 Å². The summed E-state index contributed by atoms with van der Waals surface area (Å²) in [5.41, 5.74) is 2.34. The van der Waals surface area contributed by atoms with E-state index in [1.54, 1.807) is 0 Å². The molecule has 0 unspecified atom stereocenters. The molecule has 0 saturated carbocycles. The monoisotopic (exact) mass is 266 g/mol. The summed E-state index contributed by atoms with van der Waals surface area (Å²) < 4.78 is 10.00. The van der Waals surface area contributed by atoms with Crippen molar-refractivity contribution in [3.63, 3.8) is 0 Å². The summed E-state index contributed by atoms with van der Waals surface area (Å²) in [7, 11) is 0. The van der Waals surface area contributed by atoms with Crippen LogP contribution in [0.4, 0.5) is 11.9 Å². The van der Waals surface area contributed by atoms with Gasteiger partial charge in [0.1, 0.15) is 0 Å². The Kier molecular flexibility index (Phi) is 4.03. The van der Waals surface area contributed by atoms with E-state index >= 15 is 0 Å². The van der Waals surface area contributed by atoms with Gasteiger partial charge in [0.25, 0.3) is 0 Å². The molecule has 0 aliphatic carbocycles. The molecule has 102 valence electrons. The summed E-state index contributed by atoms with van der Waals surface area (Å²) in [5.74, 6) is 6.25. The maximum Gasteiger partial charge on any atom is 0.323 e. The number of rotatable bonds is 6. The van der Waals surface area contributed by atoms with Crippen molar-refractivity contribution in [2.45, 2.75) is 26.5 Å². The maximum atomic E-state index is 5.39. The average Bonchev–Trinajstić information content (AvgIpc) is 2.88. The predicted molar refractivity (Wildman–Crippen MR) is 65.0 cm³/mol. The van der Waals surface area contributed by atoms with E-state index in [1.165, 1.54) is 6.39 Å². The van der Waals surface area contributed by atoms with Crippen molar-refractivity contribution < 1.29 is 9.26 Å². The SMILES string of the molecule is CC(C)Oc1nc(NN)nc(NCc2ncon2)n1. The zero-order valence-corrected chi connectivity index (χ0v) is 10.5. The summed E-state index contributed by atoms with van der Waals surface area (Å²) in [5, 5.41) is 6.57. The first kappa shape index (κ1) is 13.0. The molecule has 0 saturated heterocycles. The minimum absolute atomic E-state index is 0.0573. The van der Waals surface area contributed by atoms with E-state index in [1.807, 2.05) is 13.8 Å². The average molecular weight is 266 g/mol. The molecular weight excluding hydrogens is 252 g/mol. The number of nitrogen functional groups attached to an aromatic ring is 1. The molecular formula is C9H14N8O2. The Bertz CT molecular complexity index is 515. The highest BCUT2D eigenvalue weighted by atomic mass is 16.5. The number of ether oxygens (including phenoxy) is 1. The van der Waals surface area contributed by atoms with Gasteiger partial charge in [-0.3, -0.25) is 5.43 Å². The number of hydrogen-bond acceptors (Lipinski definition) is 10. The Labute approximate surface area is 108 Å². The van der Waals surface area contributed by atoms with Crippen LogP contribution in [0.1, 0.15) is 19.7 Å². The molecule has 2 rings (SSSR count). The zero-order chi connectivity index (χ0) is 13.7. The molecule has 2 aromatic rings. The molecule has 0 aliphatic heterocycles. The molecule has 0 atom stereocenters. The minimum atomic E-state index is -0.0573. The summed E-state index contributed by atoms with van der Waals surface area (Å²) in [6.07, 6.45) is 1.18. The van der Waals surface area contributed by atoms with Crippen LogP contribution >= 0.6 is 0 Å². The Morgan fingerprint density at radius 1 is 1.32 bits per heavy atom. The molecule has 10 nitrogen and oxygen atoms in total. The van der Waals surface area contributed by atoms with Crippen LogP contribution in [0.25, 0.3) is 0 Å². The lowest BCUT2D eigenvalue weighted by Crippen LogP contribution is -2.16. The fraction of sp³-hybridized carbons (Fsp3) is 0.444. The molecule has 0 bridgehead atoms. The third-order valence-electron chi connectivity index (χ3n) is 1.90. The van der Waals surface area contributed by atoms with Crippen LogP contribution in [0.5, 0.6) is 6.01 Å². The van der Waals surface area contributed by atoms with Crippen LogP contribution < -0.4 is 21.3 Å². The number of hydrazine groups is 1. The van der Waals surface area contributed by atoms with Gasteiger partial charge in [0, 0.05) is 0 Å². The summed E-state index contributed by atoms with van der Waals surface area (Å²) >= 11 is 0. The normalized spacial score (nSPS) is 10.5. The largest absolute Gasteiger partial charge is 0.461 e. The first-order chi connectivity index (χ1) is 9.17. The van der Waals surface area contributed by atoms with E-state index in [0.29, 0.717) is 18.3 Å². The Morgan fingerprint density at radius 3 is 2.74 bits per heavy atom. The van der Waals surface area contributed by atoms with Gasteiger partial charge in [0.05, 0.1) is 12.6 Å². The van der Waals surface area contributed by atoms with Crippen molar-refractivity contribution in [3.05, 3.63) is 12.2 Å². The van der Waals surface area contributed by atoms with Gasteiger partial charge in [-0.15, -0.1) is 0 Å². The molecule has 0 aliphatic rings. The maximum absolute atomic E-state index is 5.39. The summed E-state index contributed by atoms with van der Waals surface area (Å²) in [6, 6.07) is 0.175. The van der Waals surface area contributed by atoms with Gasteiger partial charge in [-0.1, -0.05) is 5.16 Å². The van der Waals surface area contributed by atoms with E-state index in [-0.39, 0.29) is 18.1 Å². The van der Waals surface area contributed by atoms with E-state index < -0.39 is 0 Å². The Hall–Kier alpha value is -2.49. The highest BCUT2D eigenvalue weighted by molar-refractivity contribution is 5.34. The first-order valence-corrected chi connectivity index (χ1v) is 5.56. The molecule has 2 aromatic heterocycles. The third kappa shape index (κ3) is 3.74. The molecule has 0 amide bonds. The van der Waals surface area contributed by atoms with Gasteiger partial charge < -0.3 is 14.6 Å². The summed E-state index contributed by atoms with van der Waals surface area (Å²) in [6.45, 7) is 4.04. The second-order valence-electron chi connectivity index (χ2n) is 3.78. The van der Waals surface area contributed by atoms with E-state index in [2.05, 4.69) is 40.4 Å². The highest BCUT2D eigenvalue weighted by Crippen LogP contribution is 2.12. The first-order valence-electron chi connectivity index (χ1n) is 5.56. The van der Waals surface area contributed by atoms with Gasteiger partial charge in [-0.25, -0.2) is 5.84 Å². The molecule has 0 aromatic carbocycles.